The van der Waals surface area contributed by atoms with Crippen LogP contribution in [-0.4, -0.2) is 13.2 Å². The summed E-state index contributed by atoms with van der Waals surface area (Å²) < 4.78 is 18.5. The summed E-state index contributed by atoms with van der Waals surface area (Å²) in [6.45, 7) is 0.689. The molecule has 0 spiro atoms. The molecule has 3 heteroatoms. The lowest BCUT2D eigenvalue weighted by Crippen LogP contribution is -2.17. The first-order chi connectivity index (χ1) is 9.78. The first-order valence-corrected chi connectivity index (χ1v) is 6.88. The van der Waals surface area contributed by atoms with Gasteiger partial charge in [0, 0.05) is 18.5 Å². The molecule has 2 aromatic rings. The molecule has 0 amide bonds. The highest BCUT2D eigenvalue weighted by atomic mass is 19.1. The highest BCUT2D eigenvalue weighted by Crippen LogP contribution is 2.40. The van der Waals surface area contributed by atoms with Crippen molar-refractivity contribution in [3.05, 3.63) is 65.5 Å². The van der Waals surface area contributed by atoms with Crippen molar-refractivity contribution in [3.8, 4) is 5.75 Å². The van der Waals surface area contributed by atoms with E-state index in [1.54, 1.807) is 6.07 Å². The van der Waals surface area contributed by atoms with Gasteiger partial charge in [0.15, 0.2) is 11.6 Å². The van der Waals surface area contributed by atoms with Crippen LogP contribution >= 0.6 is 0 Å². The minimum atomic E-state index is -0.304. The molecule has 0 heterocycles. The van der Waals surface area contributed by atoms with Crippen LogP contribution in [0.4, 0.5) is 4.39 Å². The molecule has 0 aliphatic heterocycles. The van der Waals surface area contributed by atoms with Gasteiger partial charge < -0.3 is 10.1 Å². The second kappa shape index (κ2) is 5.63. The lowest BCUT2D eigenvalue weighted by atomic mass is 10.1. The van der Waals surface area contributed by atoms with Gasteiger partial charge in [0.05, 0.1) is 7.11 Å². The van der Waals surface area contributed by atoms with Gasteiger partial charge in [-0.1, -0.05) is 36.4 Å². The molecule has 1 aliphatic rings. The van der Waals surface area contributed by atoms with Gasteiger partial charge in [0.2, 0.25) is 0 Å². The number of benzene rings is 2. The molecule has 0 bridgehead atoms. The Morgan fingerprint density at radius 1 is 1.20 bits per heavy atom. The van der Waals surface area contributed by atoms with E-state index in [-0.39, 0.29) is 5.82 Å². The minimum absolute atomic E-state index is 0.294. The first-order valence-electron chi connectivity index (χ1n) is 6.88. The smallest absolute Gasteiger partial charge is 0.165 e. The lowest BCUT2D eigenvalue weighted by molar-refractivity contribution is 0.386. The second-order valence-corrected chi connectivity index (χ2v) is 5.21. The maximum atomic E-state index is 13.6. The van der Waals surface area contributed by atoms with Crippen LogP contribution in [0.5, 0.6) is 5.75 Å². The summed E-state index contributed by atoms with van der Waals surface area (Å²) in [5.74, 6) is 0.587. The van der Waals surface area contributed by atoms with Crippen LogP contribution in [0.25, 0.3) is 0 Å². The Bertz CT molecular complexity index is 585. The topological polar surface area (TPSA) is 21.3 Å². The third kappa shape index (κ3) is 2.83. The Morgan fingerprint density at radius 2 is 2.00 bits per heavy atom. The molecule has 3 rings (SSSR count). The Balaban J connectivity index is 1.55. The van der Waals surface area contributed by atoms with Gasteiger partial charge in [-0.05, 0) is 29.7 Å². The quantitative estimate of drug-likeness (QED) is 0.899. The van der Waals surface area contributed by atoms with E-state index in [1.165, 1.54) is 18.7 Å². The van der Waals surface area contributed by atoms with E-state index in [1.807, 2.05) is 12.1 Å². The average Bonchev–Trinajstić information content (AvgIpc) is 3.26. The maximum absolute atomic E-state index is 13.6. The van der Waals surface area contributed by atoms with E-state index in [9.17, 15) is 4.39 Å². The number of halogens is 1. The largest absolute Gasteiger partial charge is 0.494 e. The van der Waals surface area contributed by atoms with E-state index in [0.717, 1.165) is 12.0 Å². The molecule has 104 valence electrons. The van der Waals surface area contributed by atoms with Crippen LogP contribution < -0.4 is 10.1 Å². The van der Waals surface area contributed by atoms with E-state index >= 15 is 0 Å². The van der Waals surface area contributed by atoms with Gasteiger partial charge in [0.25, 0.3) is 0 Å². The van der Waals surface area contributed by atoms with Crippen LogP contribution in [0.1, 0.15) is 23.5 Å². The molecule has 1 aliphatic carbocycles. The fourth-order valence-electron chi connectivity index (χ4n) is 2.56. The van der Waals surface area contributed by atoms with Gasteiger partial charge >= 0.3 is 0 Å². The van der Waals surface area contributed by atoms with Gasteiger partial charge in [-0.2, -0.15) is 0 Å². The Kier molecular flexibility index (Phi) is 3.70. The molecule has 0 unspecified atom stereocenters. The fraction of sp³-hybridized carbons (Fsp3) is 0.294. The zero-order valence-electron chi connectivity index (χ0n) is 11.5. The Morgan fingerprint density at radius 3 is 2.70 bits per heavy atom. The summed E-state index contributed by atoms with van der Waals surface area (Å²) in [5, 5.41) is 3.48. The van der Waals surface area contributed by atoms with Crippen molar-refractivity contribution >= 4 is 0 Å². The monoisotopic (exact) mass is 271 g/mol. The normalized spacial score (nSPS) is 20.7. The number of hydrogen-bond acceptors (Lipinski definition) is 2. The number of methoxy groups -OCH3 is 1. The Labute approximate surface area is 118 Å². The molecule has 0 radical (unpaired) electrons. The van der Waals surface area contributed by atoms with E-state index in [4.69, 9.17) is 4.74 Å². The summed E-state index contributed by atoms with van der Waals surface area (Å²) in [6, 6.07) is 16.1. The molecule has 2 aromatic carbocycles. The second-order valence-electron chi connectivity index (χ2n) is 5.21. The van der Waals surface area contributed by atoms with E-state index in [2.05, 4.69) is 29.6 Å². The first kappa shape index (κ1) is 13.1. The third-order valence-electron chi connectivity index (χ3n) is 3.80. The van der Waals surface area contributed by atoms with Gasteiger partial charge in [-0.15, -0.1) is 0 Å². The number of hydrogen-bond donors (Lipinski definition) is 1. The molecule has 2 nitrogen and oxygen atoms in total. The summed E-state index contributed by atoms with van der Waals surface area (Å²) in [7, 11) is 1.48. The molecule has 1 saturated carbocycles. The van der Waals surface area contributed by atoms with Gasteiger partial charge in [0.1, 0.15) is 0 Å². The fourth-order valence-corrected chi connectivity index (χ4v) is 2.56. The molecule has 2 atom stereocenters. The summed E-state index contributed by atoms with van der Waals surface area (Å²) in [5.41, 5.74) is 2.33. The zero-order valence-corrected chi connectivity index (χ0v) is 11.5. The highest BCUT2D eigenvalue weighted by Gasteiger charge is 2.37. The average molecular weight is 271 g/mol. The van der Waals surface area contributed by atoms with Crippen molar-refractivity contribution in [1.82, 2.24) is 5.32 Å². The molecular weight excluding hydrogens is 253 g/mol. The van der Waals surface area contributed by atoms with Crippen LogP contribution in [-0.2, 0) is 6.54 Å². The predicted molar refractivity (Wildman–Crippen MR) is 77.4 cm³/mol. The molecule has 0 aromatic heterocycles. The van der Waals surface area contributed by atoms with Crippen molar-refractivity contribution in [1.29, 1.82) is 0 Å². The van der Waals surface area contributed by atoms with Crippen molar-refractivity contribution < 1.29 is 9.13 Å². The van der Waals surface area contributed by atoms with Gasteiger partial charge in [-0.3, -0.25) is 0 Å². The van der Waals surface area contributed by atoms with Crippen molar-refractivity contribution in [3.63, 3.8) is 0 Å². The van der Waals surface area contributed by atoms with E-state index < -0.39 is 0 Å². The highest BCUT2D eigenvalue weighted by molar-refractivity contribution is 5.30. The standard InChI is InChI=1S/C17H18FNO/c1-20-17-8-7-12(9-15(17)18)11-19-16-10-14(16)13-5-3-2-4-6-13/h2-9,14,16,19H,10-11H2,1H3/t14-,16+/m0/s1. The summed E-state index contributed by atoms with van der Waals surface area (Å²) in [6.07, 6.45) is 1.16. The van der Waals surface area contributed by atoms with Crippen LogP contribution in [0.3, 0.4) is 0 Å². The van der Waals surface area contributed by atoms with Crippen molar-refractivity contribution in [2.75, 3.05) is 7.11 Å². The predicted octanol–water partition coefficient (Wildman–Crippen LogP) is 3.48. The minimum Gasteiger partial charge on any atom is -0.494 e. The lowest BCUT2D eigenvalue weighted by Gasteiger charge is -2.07. The van der Waals surface area contributed by atoms with Crippen LogP contribution in [0.2, 0.25) is 0 Å². The van der Waals surface area contributed by atoms with Crippen LogP contribution in [0, 0.1) is 5.82 Å². The van der Waals surface area contributed by atoms with Crippen molar-refractivity contribution in [2.45, 2.75) is 24.9 Å². The number of nitrogens with one attached hydrogen (secondary N) is 1. The third-order valence-corrected chi connectivity index (χ3v) is 3.80. The molecular formula is C17H18FNO. The van der Waals surface area contributed by atoms with Crippen LogP contribution in [0.15, 0.2) is 48.5 Å². The van der Waals surface area contributed by atoms with Crippen molar-refractivity contribution in [2.24, 2.45) is 0 Å². The maximum Gasteiger partial charge on any atom is 0.165 e. The Hall–Kier alpha value is -1.87. The number of rotatable bonds is 5. The zero-order chi connectivity index (χ0) is 13.9. The number of ether oxygens (including phenoxy) is 1. The van der Waals surface area contributed by atoms with Gasteiger partial charge in [-0.25, -0.2) is 4.39 Å². The summed E-state index contributed by atoms with van der Waals surface area (Å²) in [4.78, 5) is 0. The SMILES string of the molecule is COc1ccc(CN[C@@H]2C[C@H]2c2ccccc2)cc1F. The molecule has 0 saturated heterocycles. The van der Waals surface area contributed by atoms with E-state index in [0.29, 0.717) is 24.3 Å². The molecule has 20 heavy (non-hydrogen) atoms. The summed E-state index contributed by atoms with van der Waals surface area (Å²) >= 11 is 0. The molecule has 1 N–H and O–H groups in total. The molecule has 1 fully saturated rings.